The molecule has 5 rings (SSSR count). The fourth-order valence-corrected chi connectivity index (χ4v) is 3.70. The maximum atomic E-state index is 12.7. The molecule has 0 amide bonds. The summed E-state index contributed by atoms with van der Waals surface area (Å²) in [6, 6.07) is 9.86. The number of aromatic nitrogens is 6. The number of nitro groups is 1. The molecule has 2 aromatic carbocycles. The molecule has 0 saturated carbocycles. The number of aromatic hydroxyl groups is 1. The molecule has 3 N–H and O–H groups in total. The minimum absolute atomic E-state index is 0.0645. The van der Waals surface area contributed by atoms with E-state index in [-0.39, 0.29) is 28.8 Å². The molecule has 0 radical (unpaired) electrons. The Hall–Kier alpha value is -4.81. The van der Waals surface area contributed by atoms with Crippen LogP contribution in [-0.4, -0.2) is 47.5 Å². The first-order valence-electron chi connectivity index (χ1n) is 9.27. The highest BCUT2D eigenvalue weighted by Crippen LogP contribution is 2.43. The zero-order valence-corrected chi connectivity index (χ0v) is 16.4. The van der Waals surface area contributed by atoms with E-state index >= 15 is 0 Å². The number of hydrogen-bond donors (Lipinski definition) is 3. The molecule has 1 aliphatic rings. The van der Waals surface area contributed by atoms with E-state index in [1.165, 1.54) is 36.1 Å². The van der Waals surface area contributed by atoms with Gasteiger partial charge in [0.15, 0.2) is 11.5 Å². The lowest BCUT2D eigenvalue weighted by atomic mass is 9.92. The Kier molecular flexibility index (Phi) is 4.29. The lowest BCUT2D eigenvalue weighted by Crippen LogP contribution is -2.29. The van der Waals surface area contributed by atoms with Crippen LogP contribution in [0.5, 0.6) is 11.5 Å². The van der Waals surface area contributed by atoms with Crippen LogP contribution in [0.4, 0.5) is 17.3 Å². The molecule has 13 heteroatoms. The summed E-state index contributed by atoms with van der Waals surface area (Å²) in [6.07, 6.45) is 0. The maximum Gasteiger partial charge on any atom is 0.288 e. The van der Waals surface area contributed by atoms with Gasteiger partial charge in [0.25, 0.3) is 11.2 Å². The number of phenolic OH excluding ortho intramolecular Hbond substituents is 1. The number of ether oxygens (including phenoxy) is 1. The van der Waals surface area contributed by atoms with Gasteiger partial charge in [-0.15, -0.1) is 0 Å². The zero-order valence-electron chi connectivity index (χ0n) is 16.4. The number of anilines is 2. The number of non-ortho nitro benzene ring substituents is 1. The number of H-pyrrole nitrogens is 1. The van der Waals surface area contributed by atoms with Gasteiger partial charge in [0.2, 0.25) is 5.95 Å². The second-order valence-electron chi connectivity index (χ2n) is 6.90. The quantitative estimate of drug-likeness (QED) is 0.279. The van der Waals surface area contributed by atoms with Crippen molar-refractivity contribution < 1.29 is 14.8 Å². The lowest BCUT2D eigenvalue weighted by Gasteiger charge is -2.28. The molecular weight excluding hydrogens is 420 g/mol. The van der Waals surface area contributed by atoms with Gasteiger partial charge in [-0.3, -0.25) is 14.9 Å². The molecule has 1 atom stereocenters. The highest BCUT2D eigenvalue weighted by atomic mass is 16.6. The molecule has 3 heterocycles. The molecule has 0 spiro atoms. The number of nitrogens with zero attached hydrogens (tertiary/aromatic N) is 6. The van der Waals surface area contributed by atoms with E-state index in [9.17, 15) is 20.0 Å². The van der Waals surface area contributed by atoms with Crippen molar-refractivity contribution in [1.29, 1.82) is 0 Å². The van der Waals surface area contributed by atoms with Crippen LogP contribution in [0.15, 0.2) is 47.3 Å². The van der Waals surface area contributed by atoms with Gasteiger partial charge >= 0.3 is 0 Å². The van der Waals surface area contributed by atoms with Crippen LogP contribution in [0.25, 0.3) is 11.3 Å². The Morgan fingerprint density at radius 3 is 2.88 bits per heavy atom. The monoisotopic (exact) mass is 434 g/mol. The van der Waals surface area contributed by atoms with Gasteiger partial charge in [-0.1, -0.05) is 23.3 Å². The maximum absolute atomic E-state index is 12.7. The standard InChI is InChI=1S/C19H14N8O5/c1-32-13-8-10(5-6-12(13)28)17-14-15(9-3-2-4-11(7-9)27(30)31)21-22-18(29)16(14)20-19-23-24-25-26(17)19/h2-8,17,28H,1H3,(H,22,29)(H,20,23,25)/t17-/m0/s1. The fourth-order valence-electron chi connectivity index (χ4n) is 3.70. The van der Waals surface area contributed by atoms with Crippen molar-refractivity contribution in [2.75, 3.05) is 12.4 Å². The number of tetrazole rings is 1. The first-order chi connectivity index (χ1) is 15.5. The number of benzene rings is 2. The number of nitro benzene ring substituents is 1. The minimum atomic E-state index is -0.741. The van der Waals surface area contributed by atoms with E-state index in [1.807, 2.05) is 0 Å². The SMILES string of the molecule is COc1cc([C@H]2c3c(-c4cccc([N+](=O)[O-])c4)n[nH]c(=O)c3Nc3nnnn32)ccc1O. The summed E-state index contributed by atoms with van der Waals surface area (Å²) >= 11 is 0. The smallest absolute Gasteiger partial charge is 0.288 e. The number of nitrogens with one attached hydrogen (secondary N) is 2. The molecule has 13 nitrogen and oxygen atoms in total. The summed E-state index contributed by atoms with van der Waals surface area (Å²) in [7, 11) is 1.42. The highest BCUT2D eigenvalue weighted by Gasteiger charge is 2.35. The van der Waals surface area contributed by atoms with Crippen LogP contribution in [0.3, 0.4) is 0 Å². The Labute approximate surface area is 178 Å². The third kappa shape index (κ3) is 2.91. The summed E-state index contributed by atoms with van der Waals surface area (Å²) < 4.78 is 6.68. The average Bonchev–Trinajstić information content (AvgIpc) is 3.27. The number of methoxy groups -OCH3 is 1. The molecule has 2 aromatic heterocycles. The summed E-state index contributed by atoms with van der Waals surface area (Å²) in [4.78, 5) is 23.5. The van der Waals surface area contributed by atoms with Crippen LogP contribution in [0.1, 0.15) is 17.2 Å². The van der Waals surface area contributed by atoms with E-state index in [1.54, 1.807) is 18.2 Å². The van der Waals surface area contributed by atoms with Gasteiger partial charge in [-0.05, 0) is 28.1 Å². The molecule has 0 unspecified atom stereocenters. The lowest BCUT2D eigenvalue weighted by molar-refractivity contribution is -0.384. The van der Waals surface area contributed by atoms with Gasteiger partial charge in [0, 0.05) is 23.3 Å². The molecule has 0 aliphatic carbocycles. The van der Waals surface area contributed by atoms with Gasteiger partial charge in [0.1, 0.15) is 11.7 Å². The number of rotatable bonds is 4. The van der Waals surface area contributed by atoms with Gasteiger partial charge in [0.05, 0.1) is 17.7 Å². The highest BCUT2D eigenvalue weighted by molar-refractivity contribution is 5.76. The Morgan fingerprint density at radius 1 is 1.25 bits per heavy atom. The van der Waals surface area contributed by atoms with E-state index in [0.717, 1.165) is 0 Å². The van der Waals surface area contributed by atoms with Gasteiger partial charge in [-0.2, -0.15) is 9.78 Å². The Morgan fingerprint density at radius 2 is 2.09 bits per heavy atom. The third-order valence-electron chi connectivity index (χ3n) is 5.12. The normalized spacial score (nSPS) is 14.2. The summed E-state index contributed by atoms with van der Waals surface area (Å²) in [5.41, 5.74) is 1.23. The van der Waals surface area contributed by atoms with Crippen molar-refractivity contribution in [1.82, 2.24) is 30.4 Å². The summed E-state index contributed by atoms with van der Waals surface area (Å²) in [5.74, 6) is 0.369. The van der Waals surface area contributed by atoms with Crippen molar-refractivity contribution in [3.05, 3.63) is 74.1 Å². The van der Waals surface area contributed by atoms with E-state index < -0.39 is 16.5 Å². The largest absolute Gasteiger partial charge is 0.504 e. The first-order valence-corrected chi connectivity index (χ1v) is 9.27. The van der Waals surface area contributed by atoms with Crippen LogP contribution in [-0.2, 0) is 0 Å². The molecular formula is C19H14N8O5. The minimum Gasteiger partial charge on any atom is -0.504 e. The second-order valence-corrected chi connectivity index (χ2v) is 6.90. The van der Waals surface area contributed by atoms with Gasteiger partial charge in [-0.25, -0.2) is 5.10 Å². The van der Waals surface area contributed by atoms with Crippen molar-refractivity contribution in [3.8, 4) is 22.8 Å². The molecule has 0 fully saturated rings. The van der Waals surface area contributed by atoms with Crippen LogP contribution in [0.2, 0.25) is 0 Å². The Bertz CT molecular complexity index is 1430. The van der Waals surface area contributed by atoms with Crippen molar-refractivity contribution in [2.24, 2.45) is 0 Å². The fraction of sp³-hybridized carbons (Fsp3) is 0.105. The number of phenols is 1. The second kappa shape index (κ2) is 7.16. The Balaban J connectivity index is 1.80. The number of fused-ring (bicyclic) bond motifs is 2. The topological polar surface area (TPSA) is 174 Å². The van der Waals surface area contributed by atoms with Crippen LogP contribution >= 0.6 is 0 Å². The van der Waals surface area contributed by atoms with E-state index in [2.05, 4.69) is 31.0 Å². The van der Waals surface area contributed by atoms with Crippen molar-refractivity contribution in [3.63, 3.8) is 0 Å². The predicted octanol–water partition coefficient (Wildman–Crippen LogP) is 1.74. The molecule has 1 aliphatic heterocycles. The molecule has 0 bridgehead atoms. The molecule has 32 heavy (non-hydrogen) atoms. The van der Waals surface area contributed by atoms with Gasteiger partial charge < -0.3 is 15.2 Å². The number of hydrogen-bond acceptors (Lipinski definition) is 10. The van der Waals surface area contributed by atoms with E-state index in [0.29, 0.717) is 22.4 Å². The summed E-state index contributed by atoms with van der Waals surface area (Å²) in [6.45, 7) is 0. The third-order valence-corrected chi connectivity index (χ3v) is 5.12. The van der Waals surface area contributed by atoms with E-state index in [4.69, 9.17) is 4.74 Å². The number of aromatic amines is 1. The first kappa shape index (κ1) is 19.2. The zero-order chi connectivity index (χ0) is 22.4. The molecule has 160 valence electrons. The predicted molar refractivity (Wildman–Crippen MR) is 110 cm³/mol. The average molecular weight is 434 g/mol. The summed E-state index contributed by atoms with van der Waals surface area (Å²) in [5, 5.41) is 42.5. The van der Waals surface area contributed by atoms with Crippen LogP contribution in [0, 0.1) is 10.1 Å². The molecule has 0 saturated heterocycles. The van der Waals surface area contributed by atoms with Crippen molar-refractivity contribution in [2.45, 2.75) is 6.04 Å². The van der Waals surface area contributed by atoms with Crippen LogP contribution < -0.4 is 15.6 Å². The molecule has 4 aromatic rings. The van der Waals surface area contributed by atoms with Crippen molar-refractivity contribution >= 4 is 17.3 Å².